The number of amides is 2. The lowest BCUT2D eigenvalue weighted by molar-refractivity contribution is 0.255. The van der Waals surface area contributed by atoms with Gasteiger partial charge in [-0.1, -0.05) is 6.58 Å². The van der Waals surface area contributed by atoms with Gasteiger partial charge in [-0.05, 0) is 24.3 Å². The van der Waals surface area contributed by atoms with E-state index in [1.54, 1.807) is 18.3 Å². The minimum absolute atomic E-state index is 0.531. The molecule has 70 valence electrons. The van der Waals surface area contributed by atoms with E-state index in [1.165, 1.54) is 4.90 Å². The van der Waals surface area contributed by atoms with Crippen molar-refractivity contribution in [3.8, 4) is 0 Å². The van der Waals surface area contributed by atoms with Crippen molar-refractivity contribution < 1.29 is 4.79 Å². The molecule has 1 aromatic heterocycles. The van der Waals surface area contributed by atoms with Crippen molar-refractivity contribution in [1.29, 1.82) is 0 Å². The highest BCUT2D eigenvalue weighted by Crippen LogP contribution is 2.26. The van der Waals surface area contributed by atoms with Gasteiger partial charge in [0.2, 0.25) is 0 Å². The average molecular weight is 187 g/mol. The molecule has 14 heavy (non-hydrogen) atoms. The Bertz CT molecular complexity index is 437. The monoisotopic (exact) mass is 187 g/mol. The smallest absolute Gasteiger partial charge is 0.325 e. The molecule has 4 nitrogen and oxygen atoms in total. The third-order valence-electron chi connectivity index (χ3n) is 1.99. The second kappa shape index (κ2) is 2.99. The van der Waals surface area contributed by atoms with Crippen molar-refractivity contribution in [2.45, 2.75) is 0 Å². The zero-order chi connectivity index (χ0) is 10.1. The second-order valence-corrected chi connectivity index (χ2v) is 2.91. The van der Waals surface area contributed by atoms with Gasteiger partial charge in [0.25, 0.3) is 0 Å². The number of primary amides is 1. The number of nitrogens with zero attached hydrogens (tertiary/aromatic N) is 2. The maximum absolute atomic E-state index is 11.1. The first-order valence-corrected chi connectivity index (χ1v) is 4.12. The van der Waals surface area contributed by atoms with Gasteiger partial charge in [-0.15, -0.1) is 0 Å². The summed E-state index contributed by atoms with van der Waals surface area (Å²) in [6, 6.07) is 3.09. The van der Waals surface area contributed by atoms with Gasteiger partial charge in [-0.25, -0.2) is 14.7 Å². The van der Waals surface area contributed by atoms with Crippen LogP contribution in [0.3, 0.4) is 0 Å². The standard InChI is InChI=1S/C10H9N3O/c1-7-4-5-8-3-2-6-12-9(8)13(7)10(11)14/h2-6H,1H2,(H2,11,14). The zero-order valence-electron chi connectivity index (χ0n) is 7.47. The summed E-state index contributed by atoms with van der Waals surface area (Å²) < 4.78 is 0. The van der Waals surface area contributed by atoms with Crippen LogP contribution in [0, 0.1) is 0 Å². The Hall–Kier alpha value is -2.10. The summed E-state index contributed by atoms with van der Waals surface area (Å²) in [4.78, 5) is 16.5. The van der Waals surface area contributed by atoms with E-state index in [4.69, 9.17) is 5.73 Å². The molecule has 2 rings (SSSR count). The molecule has 0 saturated heterocycles. The molecular weight excluding hydrogens is 178 g/mol. The van der Waals surface area contributed by atoms with Crippen LogP contribution < -0.4 is 10.6 Å². The fraction of sp³-hybridized carbons (Fsp3) is 0. The van der Waals surface area contributed by atoms with E-state index in [-0.39, 0.29) is 0 Å². The topological polar surface area (TPSA) is 59.2 Å². The number of pyridine rings is 1. The lowest BCUT2D eigenvalue weighted by Crippen LogP contribution is -2.36. The van der Waals surface area contributed by atoms with E-state index in [0.29, 0.717) is 11.5 Å². The lowest BCUT2D eigenvalue weighted by atomic mass is 10.1. The summed E-state index contributed by atoms with van der Waals surface area (Å²) in [6.45, 7) is 3.71. The summed E-state index contributed by atoms with van der Waals surface area (Å²) in [5.74, 6) is 0.535. The van der Waals surface area contributed by atoms with Crippen molar-refractivity contribution in [1.82, 2.24) is 4.98 Å². The van der Waals surface area contributed by atoms with Gasteiger partial charge in [-0.3, -0.25) is 0 Å². The number of rotatable bonds is 0. The summed E-state index contributed by atoms with van der Waals surface area (Å²) >= 11 is 0. The molecule has 0 saturated carbocycles. The van der Waals surface area contributed by atoms with E-state index in [0.717, 1.165) is 5.56 Å². The number of allylic oxidation sites excluding steroid dienone is 1. The summed E-state index contributed by atoms with van der Waals surface area (Å²) in [5.41, 5.74) is 6.62. The van der Waals surface area contributed by atoms with Crippen LogP contribution in [0.5, 0.6) is 0 Å². The highest BCUT2D eigenvalue weighted by molar-refractivity contribution is 5.97. The predicted octanol–water partition coefficient (Wildman–Crippen LogP) is 1.51. The Balaban J connectivity index is 2.59. The first-order chi connectivity index (χ1) is 6.70. The summed E-state index contributed by atoms with van der Waals surface area (Å²) in [5, 5.41) is 0. The lowest BCUT2D eigenvalue weighted by Gasteiger charge is -2.24. The van der Waals surface area contributed by atoms with Crippen LogP contribution in [0.25, 0.3) is 6.08 Å². The Morgan fingerprint density at radius 3 is 3.00 bits per heavy atom. The third-order valence-corrected chi connectivity index (χ3v) is 1.99. The zero-order valence-corrected chi connectivity index (χ0v) is 7.47. The number of carbonyl (C=O) groups is 1. The number of urea groups is 1. The van der Waals surface area contributed by atoms with Crippen LogP contribution in [0.1, 0.15) is 5.56 Å². The van der Waals surface area contributed by atoms with Gasteiger partial charge in [0.1, 0.15) is 5.82 Å². The molecule has 2 N–H and O–H groups in total. The van der Waals surface area contributed by atoms with Crippen LogP contribution >= 0.6 is 0 Å². The van der Waals surface area contributed by atoms with E-state index in [1.807, 2.05) is 12.1 Å². The Morgan fingerprint density at radius 2 is 2.29 bits per heavy atom. The third kappa shape index (κ3) is 1.17. The highest BCUT2D eigenvalue weighted by Gasteiger charge is 2.21. The quantitative estimate of drug-likeness (QED) is 0.669. The fourth-order valence-electron chi connectivity index (χ4n) is 1.37. The molecule has 0 spiro atoms. The number of aromatic nitrogens is 1. The van der Waals surface area contributed by atoms with Gasteiger partial charge in [-0.2, -0.15) is 0 Å². The molecule has 0 atom stereocenters. The van der Waals surface area contributed by atoms with E-state index < -0.39 is 6.03 Å². The number of anilines is 1. The molecule has 1 aliphatic heterocycles. The number of carbonyl (C=O) groups excluding carboxylic acids is 1. The molecule has 0 aliphatic carbocycles. The minimum atomic E-state index is -0.570. The molecule has 1 aromatic rings. The van der Waals surface area contributed by atoms with E-state index >= 15 is 0 Å². The second-order valence-electron chi connectivity index (χ2n) is 2.91. The maximum atomic E-state index is 11.1. The van der Waals surface area contributed by atoms with Crippen LogP contribution in [-0.4, -0.2) is 11.0 Å². The maximum Gasteiger partial charge on any atom is 0.325 e. The van der Waals surface area contributed by atoms with Gasteiger partial charge in [0.05, 0.1) is 0 Å². The van der Waals surface area contributed by atoms with Crippen LogP contribution in [0.2, 0.25) is 0 Å². The Labute approximate surface area is 81.4 Å². The van der Waals surface area contributed by atoms with Gasteiger partial charge in [0, 0.05) is 17.5 Å². The molecule has 2 heterocycles. The first-order valence-electron chi connectivity index (χ1n) is 4.12. The minimum Gasteiger partial charge on any atom is -0.351 e. The number of hydrogen-bond acceptors (Lipinski definition) is 2. The molecule has 1 aliphatic rings. The number of fused-ring (bicyclic) bond motifs is 1. The van der Waals surface area contributed by atoms with Crippen LogP contribution in [0.4, 0.5) is 10.6 Å². The number of nitrogens with two attached hydrogens (primary N) is 1. The van der Waals surface area contributed by atoms with Crippen molar-refractivity contribution in [2.75, 3.05) is 4.90 Å². The molecule has 4 heteroatoms. The summed E-state index contributed by atoms with van der Waals surface area (Å²) in [6.07, 6.45) is 5.19. The molecular formula is C10H9N3O. The van der Waals surface area contributed by atoms with Gasteiger partial charge >= 0.3 is 6.03 Å². The molecule has 0 fully saturated rings. The van der Waals surface area contributed by atoms with Crippen molar-refractivity contribution in [3.63, 3.8) is 0 Å². The van der Waals surface area contributed by atoms with E-state index in [9.17, 15) is 4.79 Å². The molecule has 0 aromatic carbocycles. The normalized spacial score (nSPS) is 14.0. The number of hydrogen-bond donors (Lipinski definition) is 1. The first kappa shape index (κ1) is 8.50. The molecule has 2 amide bonds. The van der Waals surface area contributed by atoms with Gasteiger partial charge < -0.3 is 5.73 Å². The Morgan fingerprint density at radius 1 is 1.50 bits per heavy atom. The molecule has 0 unspecified atom stereocenters. The largest absolute Gasteiger partial charge is 0.351 e. The fourth-order valence-corrected chi connectivity index (χ4v) is 1.37. The van der Waals surface area contributed by atoms with Crippen molar-refractivity contribution in [3.05, 3.63) is 42.2 Å². The van der Waals surface area contributed by atoms with Crippen molar-refractivity contribution in [2.24, 2.45) is 5.73 Å². The van der Waals surface area contributed by atoms with Crippen molar-refractivity contribution >= 4 is 17.9 Å². The molecule has 0 bridgehead atoms. The Kier molecular flexibility index (Phi) is 1.81. The van der Waals surface area contributed by atoms with Gasteiger partial charge in [0.15, 0.2) is 0 Å². The highest BCUT2D eigenvalue weighted by atomic mass is 16.2. The summed E-state index contributed by atoms with van der Waals surface area (Å²) in [7, 11) is 0. The average Bonchev–Trinajstić information content (AvgIpc) is 2.17. The molecule has 0 radical (unpaired) electrons. The SMILES string of the molecule is C=C1C=Cc2cccnc2N1C(N)=O. The van der Waals surface area contributed by atoms with Crippen LogP contribution in [0.15, 0.2) is 36.7 Å². The predicted molar refractivity (Wildman–Crippen MR) is 54.5 cm³/mol. The van der Waals surface area contributed by atoms with E-state index in [2.05, 4.69) is 11.6 Å². The van der Waals surface area contributed by atoms with Crippen LogP contribution in [-0.2, 0) is 0 Å².